The zero-order chi connectivity index (χ0) is 15.6. The number of benzene rings is 1. The van der Waals surface area contributed by atoms with E-state index in [1.54, 1.807) is 22.7 Å². The molecule has 2 aromatic heterocycles. The number of hydrogen-bond acceptors (Lipinski definition) is 4. The molecule has 0 spiro atoms. The number of thiazole rings is 1. The highest BCUT2D eigenvalue weighted by Gasteiger charge is 2.24. The molecule has 1 amide bonds. The van der Waals surface area contributed by atoms with E-state index in [9.17, 15) is 4.79 Å². The number of rotatable bonds is 3. The monoisotopic (exact) mass is 340 g/mol. The molecule has 0 N–H and O–H groups in total. The second-order valence-electron chi connectivity index (χ2n) is 5.63. The van der Waals surface area contributed by atoms with Crippen LogP contribution in [0.5, 0.6) is 0 Å². The molecule has 0 atom stereocenters. The van der Waals surface area contributed by atoms with Crippen LogP contribution in [-0.4, -0.2) is 22.3 Å². The number of hydrogen-bond donors (Lipinski definition) is 0. The van der Waals surface area contributed by atoms with E-state index in [1.807, 2.05) is 28.5 Å². The molecule has 3 aromatic rings. The lowest BCUT2D eigenvalue weighted by Gasteiger charge is -2.26. The van der Waals surface area contributed by atoms with Gasteiger partial charge in [0.25, 0.3) is 5.91 Å². The Morgan fingerprint density at radius 2 is 2.04 bits per heavy atom. The van der Waals surface area contributed by atoms with Gasteiger partial charge in [0.2, 0.25) is 0 Å². The fourth-order valence-electron chi connectivity index (χ4n) is 2.84. The maximum Gasteiger partial charge on any atom is 0.273 e. The smallest absolute Gasteiger partial charge is 0.273 e. The van der Waals surface area contributed by atoms with Gasteiger partial charge in [-0.15, -0.1) is 22.7 Å². The average Bonchev–Trinajstić information content (AvgIpc) is 3.23. The summed E-state index contributed by atoms with van der Waals surface area (Å²) in [5.74, 6) is 0.0532. The molecule has 116 valence electrons. The summed E-state index contributed by atoms with van der Waals surface area (Å²) in [7, 11) is 0. The van der Waals surface area contributed by atoms with Crippen LogP contribution in [0, 0.1) is 0 Å². The van der Waals surface area contributed by atoms with Gasteiger partial charge in [-0.1, -0.05) is 30.3 Å². The van der Waals surface area contributed by atoms with Crippen molar-refractivity contribution in [1.82, 2.24) is 9.88 Å². The minimum Gasteiger partial charge on any atom is -0.333 e. The lowest BCUT2D eigenvalue weighted by atomic mass is 10.1. The highest BCUT2D eigenvalue weighted by Crippen LogP contribution is 2.25. The van der Waals surface area contributed by atoms with Gasteiger partial charge in [-0.05, 0) is 29.0 Å². The number of fused-ring (bicyclic) bond motifs is 1. The first-order valence-electron chi connectivity index (χ1n) is 7.62. The summed E-state index contributed by atoms with van der Waals surface area (Å²) in [5, 5.41) is 5.00. The topological polar surface area (TPSA) is 33.2 Å². The molecule has 1 aromatic carbocycles. The number of thiophene rings is 1. The molecule has 3 heterocycles. The van der Waals surface area contributed by atoms with E-state index < -0.39 is 0 Å². The van der Waals surface area contributed by atoms with Crippen molar-refractivity contribution >= 4 is 28.6 Å². The van der Waals surface area contributed by atoms with Gasteiger partial charge in [-0.25, -0.2) is 4.98 Å². The van der Waals surface area contributed by atoms with Gasteiger partial charge in [0.15, 0.2) is 0 Å². The predicted molar refractivity (Wildman–Crippen MR) is 94.1 cm³/mol. The van der Waals surface area contributed by atoms with Gasteiger partial charge in [-0.2, -0.15) is 0 Å². The van der Waals surface area contributed by atoms with E-state index in [1.165, 1.54) is 16.0 Å². The Morgan fingerprint density at radius 3 is 2.91 bits per heavy atom. The molecule has 0 aliphatic carbocycles. The number of carbonyl (C=O) groups is 1. The van der Waals surface area contributed by atoms with E-state index in [-0.39, 0.29) is 5.91 Å². The zero-order valence-electron chi connectivity index (χ0n) is 12.6. The van der Waals surface area contributed by atoms with Crippen molar-refractivity contribution in [1.29, 1.82) is 0 Å². The summed E-state index contributed by atoms with van der Waals surface area (Å²) in [6.07, 6.45) is 1.74. The minimum atomic E-state index is 0.0532. The highest BCUT2D eigenvalue weighted by molar-refractivity contribution is 7.10. The van der Waals surface area contributed by atoms with Gasteiger partial charge in [0, 0.05) is 29.8 Å². The van der Waals surface area contributed by atoms with Crippen molar-refractivity contribution < 1.29 is 4.79 Å². The number of carbonyl (C=O) groups excluding carboxylic acids is 1. The van der Waals surface area contributed by atoms with Crippen LogP contribution in [0.1, 0.15) is 31.5 Å². The summed E-state index contributed by atoms with van der Waals surface area (Å²) in [6, 6.07) is 12.4. The van der Waals surface area contributed by atoms with E-state index in [2.05, 4.69) is 28.6 Å². The normalized spacial score (nSPS) is 13.8. The molecule has 5 heteroatoms. The van der Waals surface area contributed by atoms with Crippen molar-refractivity contribution in [3.8, 4) is 0 Å². The average molecular weight is 340 g/mol. The van der Waals surface area contributed by atoms with Crippen molar-refractivity contribution in [2.24, 2.45) is 0 Å². The molecule has 23 heavy (non-hydrogen) atoms. The lowest BCUT2D eigenvalue weighted by Crippen LogP contribution is -2.35. The molecule has 0 unspecified atom stereocenters. The van der Waals surface area contributed by atoms with Gasteiger partial charge >= 0.3 is 0 Å². The van der Waals surface area contributed by atoms with Gasteiger partial charge in [-0.3, -0.25) is 4.79 Å². The molecule has 0 fully saturated rings. The quantitative estimate of drug-likeness (QED) is 0.722. The first-order valence-corrected chi connectivity index (χ1v) is 9.38. The summed E-state index contributed by atoms with van der Waals surface area (Å²) >= 11 is 3.36. The first-order chi connectivity index (χ1) is 11.3. The summed E-state index contributed by atoms with van der Waals surface area (Å²) in [6.45, 7) is 1.50. The predicted octanol–water partition coefficient (Wildman–Crippen LogP) is 3.99. The largest absolute Gasteiger partial charge is 0.333 e. The Morgan fingerprint density at radius 1 is 1.17 bits per heavy atom. The maximum absolute atomic E-state index is 12.7. The molecule has 1 aliphatic rings. The van der Waals surface area contributed by atoms with Gasteiger partial charge in [0.1, 0.15) is 5.69 Å². The Hall–Kier alpha value is -1.98. The van der Waals surface area contributed by atoms with E-state index >= 15 is 0 Å². The van der Waals surface area contributed by atoms with Crippen LogP contribution in [0.4, 0.5) is 0 Å². The second-order valence-corrected chi connectivity index (χ2v) is 7.58. The van der Waals surface area contributed by atoms with Crippen LogP contribution in [-0.2, 0) is 19.4 Å². The third kappa shape index (κ3) is 3.07. The Kier molecular flexibility index (Phi) is 3.97. The van der Waals surface area contributed by atoms with Crippen LogP contribution in [0.15, 0.2) is 47.2 Å². The molecule has 0 saturated carbocycles. The summed E-state index contributed by atoms with van der Waals surface area (Å²) in [5.41, 5.74) is 3.09. The van der Waals surface area contributed by atoms with Crippen molar-refractivity contribution in [2.45, 2.75) is 19.4 Å². The zero-order valence-corrected chi connectivity index (χ0v) is 14.2. The molecule has 0 bridgehead atoms. The molecule has 4 rings (SSSR count). The van der Waals surface area contributed by atoms with Crippen molar-refractivity contribution in [3.63, 3.8) is 0 Å². The van der Waals surface area contributed by atoms with Crippen molar-refractivity contribution in [2.75, 3.05) is 6.54 Å². The molecule has 0 saturated heterocycles. The van der Waals surface area contributed by atoms with Crippen LogP contribution in [0.2, 0.25) is 0 Å². The number of amides is 1. The second kappa shape index (κ2) is 6.26. The van der Waals surface area contributed by atoms with E-state index in [0.717, 1.165) is 24.4 Å². The van der Waals surface area contributed by atoms with E-state index in [0.29, 0.717) is 12.2 Å². The third-order valence-electron chi connectivity index (χ3n) is 4.06. The fourth-order valence-corrected chi connectivity index (χ4v) is 4.54. The molecular weight excluding hydrogens is 324 g/mol. The Labute approximate surface area is 143 Å². The minimum absolute atomic E-state index is 0.0532. The van der Waals surface area contributed by atoms with Gasteiger partial charge < -0.3 is 4.90 Å². The van der Waals surface area contributed by atoms with Crippen LogP contribution < -0.4 is 0 Å². The highest BCUT2D eigenvalue weighted by atomic mass is 32.1. The molecular formula is C18H16N2OS2. The summed E-state index contributed by atoms with van der Waals surface area (Å²) in [4.78, 5) is 20.6. The summed E-state index contributed by atoms with van der Waals surface area (Å²) < 4.78 is 0. The van der Waals surface area contributed by atoms with Crippen LogP contribution in [0.25, 0.3) is 0 Å². The van der Waals surface area contributed by atoms with E-state index in [4.69, 9.17) is 0 Å². The number of nitrogens with zero attached hydrogens (tertiary/aromatic N) is 2. The maximum atomic E-state index is 12.7. The number of aromatic nitrogens is 1. The third-order valence-corrected chi connectivity index (χ3v) is 5.94. The molecule has 0 radical (unpaired) electrons. The van der Waals surface area contributed by atoms with Gasteiger partial charge in [0.05, 0.1) is 5.01 Å². The molecule has 3 nitrogen and oxygen atoms in total. The first kappa shape index (κ1) is 14.6. The fraction of sp³-hybridized carbons (Fsp3) is 0.222. The molecule has 1 aliphatic heterocycles. The SMILES string of the molecule is O=C(c1csc(Cc2ccccc2)n1)N1CCc2sccc2C1. The Balaban J connectivity index is 1.47. The standard InChI is InChI=1S/C18H16N2OS2/c21-18(20-8-6-16-14(11-20)7-9-22-16)15-12-23-17(19-15)10-13-4-2-1-3-5-13/h1-5,7,9,12H,6,8,10-11H2. The Bertz CT molecular complexity index is 822. The van der Waals surface area contributed by atoms with Crippen LogP contribution >= 0.6 is 22.7 Å². The van der Waals surface area contributed by atoms with Crippen molar-refractivity contribution in [3.05, 3.63) is 73.9 Å². The van der Waals surface area contributed by atoms with Crippen LogP contribution in [0.3, 0.4) is 0 Å². The lowest BCUT2D eigenvalue weighted by molar-refractivity contribution is 0.0730.